The van der Waals surface area contributed by atoms with E-state index in [4.69, 9.17) is 0 Å². The number of rotatable bonds is 3. The first kappa shape index (κ1) is 16.7. The summed E-state index contributed by atoms with van der Waals surface area (Å²) in [5.41, 5.74) is 1.30. The first-order valence-electron chi connectivity index (χ1n) is 7.30. The molecule has 0 aliphatic rings. The average Bonchev–Trinajstić information content (AvgIpc) is 2.95. The molecule has 2 aromatic heterocycles. The lowest BCUT2D eigenvalue weighted by molar-refractivity contribution is -0.114. The van der Waals surface area contributed by atoms with Crippen LogP contribution in [-0.4, -0.2) is 21.1 Å². The smallest absolute Gasteiger partial charge is 0.284 e. The topological polar surface area (TPSA) is 70.7 Å². The molecular formula is C17H13F3N4O. The fraction of sp³-hybridized carbons (Fsp3) is 0.118. The van der Waals surface area contributed by atoms with Crippen LogP contribution in [0.5, 0.6) is 0 Å². The molecule has 0 aliphatic carbocycles. The Labute approximate surface area is 140 Å². The second-order valence-corrected chi connectivity index (χ2v) is 5.45. The number of nitrogens with one attached hydrogen (secondary N) is 2. The summed E-state index contributed by atoms with van der Waals surface area (Å²) < 4.78 is 41.0. The molecule has 0 aliphatic heterocycles. The van der Waals surface area contributed by atoms with Crippen LogP contribution in [0.4, 0.5) is 18.9 Å². The number of fused-ring (bicyclic) bond motifs is 1. The Bertz CT molecular complexity index is 1010. The number of amides is 1. The minimum Gasteiger partial charge on any atom is -0.318 e. The zero-order chi connectivity index (χ0) is 18.1. The number of anilines is 1. The third-order valence-corrected chi connectivity index (χ3v) is 3.75. The number of aromatic nitrogens is 3. The van der Waals surface area contributed by atoms with Gasteiger partial charge in [0, 0.05) is 5.56 Å². The van der Waals surface area contributed by atoms with Crippen LogP contribution in [0.15, 0.2) is 30.2 Å². The third-order valence-electron chi connectivity index (χ3n) is 3.75. The van der Waals surface area contributed by atoms with Crippen LogP contribution >= 0.6 is 0 Å². The summed E-state index contributed by atoms with van der Waals surface area (Å²) >= 11 is 0. The van der Waals surface area contributed by atoms with Crippen LogP contribution in [0.1, 0.15) is 16.8 Å². The van der Waals surface area contributed by atoms with Crippen molar-refractivity contribution >= 4 is 28.6 Å². The van der Waals surface area contributed by atoms with Gasteiger partial charge in [0.2, 0.25) is 5.95 Å². The highest BCUT2D eigenvalue weighted by atomic mass is 19.1. The van der Waals surface area contributed by atoms with Crippen molar-refractivity contribution in [2.45, 2.75) is 13.8 Å². The second-order valence-electron chi connectivity index (χ2n) is 5.45. The van der Waals surface area contributed by atoms with Crippen LogP contribution < -0.4 is 5.32 Å². The quantitative estimate of drug-likeness (QED) is 0.709. The van der Waals surface area contributed by atoms with Crippen LogP contribution in [0.3, 0.4) is 0 Å². The Balaban J connectivity index is 1.86. The van der Waals surface area contributed by atoms with Crippen molar-refractivity contribution in [3.8, 4) is 0 Å². The van der Waals surface area contributed by atoms with E-state index < -0.39 is 23.5 Å². The average molecular weight is 346 g/mol. The number of benzene rings is 1. The molecule has 3 rings (SSSR count). The van der Waals surface area contributed by atoms with Gasteiger partial charge >= 0.3 is 0 Å². The van der Waals surface area contributed by atoms with Gasteiger partial charge in [-0.05, 0) is 37.6 Å². The Morgan fingerprint density at radius 3 is 2.80 bits per heavy atom. The van der Waals surface area contributed by atoms with Gasteiger partial charge in [0.1, 0.15) is 5.82 Å². The minimum atomic E-state index is -1.08. The highest BCUT2D eigenvalue weighted by Gasteiger charge is 2.15. The number of aryl methyl sites for hydroxylation is 1. The van der Waals surface area contributed by atoms with E-state index in [-0.39, 0.29) is 16.6 Å². The summed E-state index contributed by atoms with van der Waals surface area (Å²) in [5.74, 6) is -3.31. The van der Waals surface area contributed by atoms with Crippen LogP contribution in [0, 0.1) is 25.6 Å². The highest BCUT2D eigenvalue weighted by molar-refractivity contribution is 6.05. The van der Waals surface area contributed by atoms with Crippen molar-refractivity contribution in [3.63, 3.8) is 0 Å². The fourth-order valence-electron chi connectivity index (χ4n) is 2.36. The first-order valence-corrected chi connectivity index (χ1v) is 7.30. The van der Waals surface area contributed by atoms with Gasteiger partial charge in [0.15, 0.2) is 5.83 Å². The number of nitrogens with zero attached hydrogens (tertiary/aromatic N) is 2. The molecule has 0 fully saturated rings. The van der Waals surface area contributed by atoms with Crippen LogP contribution in [0.25, 0.3) is 17.0 Å². The van der Waals surface area contributed by atoms with Crippen molar-refractivity contribution in [1.29, 1.82) is 0 Å². The summed E-state index contributed by atoms with van der Waals surface area (Å²) in [4.78, 5) is 15.8. The van der Waals surface area contributed by atoms with Crippen molar-refractivity contribution in [1.82, 2.24) is 15.2 Å². The van der Waals surface area contributed by atoms with Crippen molar-refractivity contribution in [3.05, 3.63) is 58.8 Å². The molecule has 1 aromatic carbocycles. The van der Waals surface area contributed by atoms with E-state index in [0.717, 1.165) is 12.3 Å². The van der Waals surface area contributed by atoms with E-state index in [9.17, 15) is 18.0 Å². The number of hydrogen-bond donors (Lipinski definition) is 2. The van der Waals surface area contributed by atoms with Crippen LogP contribution in [-0.2, 0) is 4.79 Å². The molecule has 128 valence electrons. The fourth-order valence-corrected chi connectivity index (χ4v) is 2.36. The van der Waals surface area contributed by atoms with Crippen molar-refractivity contribution in [2.24, 2.45) is 0 Å². The minimum absolute atomic E-state index is 0.123. The van der Waals surface area contributed by atoms with Gasteiger partial charge in [-0.2, -0.15) is 9.49 Å². The Hall–Kier alpha value is -3.16. The van der Waals surface area contributed by atoms with E-state index in [1.807, 2.05) is 0 Å². The zero-order valence-electron chi connectivity index (χ0n) is 13.3. The number of carbonyl (C=O) groups is 1. The monoisotopic (exact) mass is 346 g/mol. The zero-order valence-corrected chi connectivity index (χ0v) is 13.3. The van der Waals surface area contributed by atoms with E-state index in [1.165, 1.54) is 25.1 Å². The first-order chi connectivity index (χ1) is 11.9. The van der Waals surface area contributed by atoms with Gasteiger partial charge in [0.05, 0.1) is 28.5 Å². The van der Waals surface area contributed by atoms with E-state index >= 15 is 0 Å². The molecule has 2 N–H and O–H groups in total. The molecule has 3 aromatic rings. The summed E-state index contributed by atoms with van der Waals surface area (Å²) in [6.45, 7) is 3.03. The maximum Gasteiger partial charge on any atom is 0.284 e. The van der Waals surface area contributed by atoms with E-state index in [2.05, 4.69) is 20.5 Å². The molecule has 0 atom stereocenters. The van der Waals surface area contributed by atoms with Gasteiger partial charge in [-0.25, -0.2) is 8.78 Å². The van der Waals surface area contributed by atoms with Gasteiger partial charge in [-0.15, -0.1) is 0 Å². The predicted molar refractivity (Wildman–Crippen MR) is 87.4 cm³/mol. The maximum absolute atomic E-state index is 14.2. The molecule has 0 radical (unpaired) electrons. The number of hydrogen-bond acceptors (Lipinski definition) is 3. The molecule has 0 saturated heterocycles. The van der Waals surface area contributed by atoms with Crippen molar-refractivity contribution < 1.29 is 18.0 Å². The van der Waals surface area contributed by atoms with Gasteiger partial charge in [-0.3, -0.25) is 14.9 Å². The Morgan fingerprint density at radius 2 is 2.04 bits per heavy atom. The number of halogens is 3. The molecule has 0 saturated carbocycles. The summed E-state index contributed by atoms with van der Waals surface area (Å²) in [6, 6.07) is 4.31. The molecule has 1 amide bonds. The van der Waals surface area contributed by atoms with Crippen LogP contribution in [0.2, 0.25) is 0 Å². The largest absolute Gasteiger partial charge is 0.318 e. The molecule has 0 unspecified atom stereocenters. The molecular weight excluding hydrogens is 333 g/mol. The van der Waals surface area contributed by atoms with Gasteiger partial charge < -0.3 is 5.32 Å². The lowest BCUT2D eigenvalue weighted by atomic mass is 10.1. The Kier molecular flexibility index (Phi) is 4.26. The predicted octanol–water partition coefficient (Wildman–Crippen LogP) is 3.80. The van der Waals surface area contributed by atoms with Gasteiger partial charge in [-0.1, -0.05) is 6.07 Å². The standard InChI is InChI=1S/C17H13F3N4O/c1-8-13(19)7-21-9(2)15(8)22-17(25)12(18)5-10-3-4-11-14(6-10)23-24-16(11)20/h3-7H,1-2H3,(H,22,25)(H,23,24)/b12-5-. The number of H-pyrrole nitrogens is 1. The molecule has 0 bridgehead atoms. The van der Waals surface area contributed by atoms with Gasteiger partial charge in [0.25, 0.3) is 5.91 Å². The van der Waals surface area contributed by atoms with E-state index in [0.29, 0.717) is 16.8 Å². The maximum atomic E-state index is 14.2. The summed E-state index contributed by atoms with van der Waals surface area (Å²) in [7, 11) is 0. The molecule has 5 nitrogen and oxygen atoms in total. The summed E-state index contributed by atoms with van der Waals surface area (Å²) in [6.07, 6.45) is 2.02. The summed E-state index contributed by atoms with van der Waals surface area (Å²) in [5, 5.41) is 8.48. The number of pyridine rings is 1. The lowest BCUT2D eigenvalue weighted by Gasteiger charge is -2.10. The molecule has 8 heteroatoms. The lowest BCUT2D eigenvalue weighted by Crippen LogP contribution is -2.15. The number of carbonyl (C=O) groups excluding carboxylic acids is 1. The normalized spacial score (nSPS) is 11.8. The molecule has 0 spiro atoms. The highest BCUT2D eigenvalue weighted by Crippen LogP contribution is 2.22. The SMILES string of the molecule is Cc1ncc(F)c(C)c1NC(=O)/C(F)=C/c1ccc2c(F)[nH]nc2c1. The van der Waals surface area contributed by atoms with E-state index in [1.54, 1.807) is 6.92 Å². The van der Waals surface area contributed by atoms with Crippen molar-refractivity contribution in [2.75, 3.05) is 5.32 Å². The second kappa shape index (κ2) is 6.39. The third kappa shape index (κ3) is 3.23. The Morgan fingerprint density at radius 1 is 1.28 bits per heavy atom. The molecule has 2 heterocycles. The molecule has 25 heavy (non-hydrogen) atoms. The number of aromatic amines is 1.